The fourth-order valence-corrected chi connectivity index (χ4v) is 1.97. The van der Waals surface area contributed by atoms with Crippen molar-refractivity contribution >= 4 is 21.9 Å². The summed E-state index contributed by atoms with van der Waals surface area (Å²) in [5, 5.41) is 13.0. The fraction of sp³-hybridized carbons (Fsp3) is 0.182. The van der Waals surface area contributed by atoms with E-state index in [0.717, 1.165) is 0 Å². The first-order valence-corrected chi connectivity index (χ1v) is 5.77. The number of rotatable bonds is 3. The number of carboxylic acid groups (broad SMARTS) is 1. The highest BCUT2D eigenvalue weighted by Crippen LogP contribution is 2.30. The molecule has 0 aliphatic heterocycles. The van der Waals surface area contributed by atoms with Crippen LogP contribution in [0.2, 0.25) is 0 Å². The van der Waals surface area contributed by atoms with Crippen molar-refractivity contribution in [3.8, 4) is 11.3 Å². The molecule has 0 bridgehead atoms. The summed E-state index contributed by atoms with van der Waals surface area (Å²) in [7, 11) is 0. The highest BCUT2D eigenvalue weighted by Gasteiger charge is 2.23. The maximum atomic E-state index is 11.2. The van der Waals surface area contributed by atoms with Crippen molar-refractivity contribution in [3.63, 3.8) is 0 Å². The first-order chi connectivity index (χ1) is 8.15. The average molecular weight is 297 g/mol. The second-order valence-electron chi connectivity index (χ2n) is 3.33. The molecule has 0 saturated carbocycles. The van der Waals surface area contributed by atoms with Gasteiger partial charge in [-0.3, -0.25) is 0 Å². The van der Waals surface area contributed by atoms with Gasteiger partial charge in [0.05, 0.1) is 0 Å². The number of aryl methyl sites for hydroxylation is 1. The molecular weight excluding hydrogens is 288 g/mol. The van der Waals surface area contributed by atoms with Crippen molar-refractivity contribution in [2.75, 3.05) is 0 Å². The number of carbonyl (C=O) groups is 1. The smallest absolute Gasteiger partial charge is 0.341 e. The SMILES string of the molecule is CCc1onc(-c2cccnc2Br)c1C(=O)O. The standard InChI is InChI=1S/C11H9BrN2O3/c1-2-7-8(11(15)16)9(14-17-7)6-4-3-5-13-10(6)12/h3-5H,2H2,1H3,(H,15,16). The van der Waals surface area contributed by atoms with Gasteiger partial charge in [0.25, 0.3) is 0 Å². The predicted octanol–water partition coefficient (Wildman–Crippen LogP) is 2.76. The van der Waals surface area contributed by atoms with Crippen LogP contribution in [0.25, 0.3) is 11.3 Å². The zero-order chi connectivity index (χ0) is 12.4. The van der Waals surface area contributed by atoms with Gasteiger partial charge in [-0.1, -0.05) is 12.1 Å². The van der Waals surface area contributed by atoms with Crippen molar-refractivity contribution < 1.29 is 14.4 Å². The molecule has 2 rings (SSSR count). The van der Waals surface area contributed by atoms with Gasteiger partial charge >= 0.3 is 5.97 Å². The van der Waals surface area contributed by atoms with Gasteiger partial charge in [-0.15, -0.1) is 0 Å². The molecule has 88 valence electrons. The molecule has 0 saturated heterocycles. The van der Waals surface area contributed by atoms with Crippen LogP contribution in [0.15, 0.2) is 27.5 Å². The van der Waals surface area contributed by atoms with Gasteiger partial charge < -0.3 is 9.63 Å². The molecule has 0 amide bonds. The molecule has 17 heavy (non-hydrogen) atoms. The highest BCUT2D eigenvalue weighted by atomic mass is 79.9. The summed E-state index contributed by atoms with van der Waals surface area (Å²) in [5.41, 5.74) is 1.00. The number of hydrogen-bond acceptors (Lipinski definition) is 4. The third kappa shape index (κ3) is 2.08. The van der Waals surface area contributed by atoms with Crippen LogP contribution in [0.4, 0.5) is 0 Å². The lowest BCUT2D eigenvalue weighted by molar-refractivity contribution is 0.0695. The summed E-state index contributed by atoms with van der Waals surface area (Å²) in [6.07, 6.45) is 2.08. The van der Waals surface area contributed by atoms with Crippen molar-refractivity contribution in [2.45, 2.75) is 13.3 Å². The third-order valence-corrected chi connectivity index (χ3v) is 2.94. The molecule has 0 radical (unpaired) electrons. The Kier molecular flexibility index (Phi) is 3.23. The summed E-state index contributed by atoms with van der Waals surface area (Å²) in [6.45, 7) is 1.81. The molecule has 0 aliphatic rings. The van der Waals surface area contributed by atoms with Crippen molar-refractivity contribution in [3.05, 3.63) is 34.3 Å². The maximum absolute atomic E-state index is 11.2. The third-order valence-electron chi connectivity index (χ3n) is 2.31. The molecule has 2 heterocycles. The van der Waals surface area contributed by atoms with E-state index in [2.05, 4.69) is 26.1 Å². The number of aromatic carboxylic acids is 1. The molecule has 0 spiro atoms. The van der Waals surface area contributed by atoms with Crippen LogP contribution >= 0.6 is 15.9 Å². The summed E-state index contributed by atoms with van der Waals surface area (Å²) in [6, 6.07) is 3.45. The van der Waals surface area contributed by atoms with Gasteiger partial charge in [-0.05, 0) is 28.1 Å². The Hall–Kier alpha value is -1.69. The molecule has 6 heteroatoms. The monoisotopic (exact) mass is 296 g/mol. The van der Waals surface area contributed by atoms with E-state index in [1.165, 1.54) is 0 Å². The van der Waals surface area contributed by atoms with Crippen LogP contribution in [-0.4, -0.2) is 21.2 Å². The summed E-state index contributed by atoms with van der Waals surface area (Å²) < 4.78 is 5.58. The van der Waals surface area contributed by atoms with Gasteiger partial charge in [-0.2, -0.15) is 0 Å². The van der Waals surface area contributed by atoms with E-state index in [4.69, 9.17) is 4.52 Å². The predicted molar refractivity (Wildman–Crippen MR) is 63.8 cm³/mol. The molecule has 1 N–H and O–H groups in total. The van der Waals surface area contributed by atoms with Gasteiger partial charge in [0.15, 0.2) is 5.76 Å². The Bertz CT molecular complexity index is 566. The molecule has 0 aliphatic carbocycles. The number of halogens is 1. The lowest BCUT2D eigenvalue weighted by Crippen LogP contribution is -2.01. The van der Waals surface area contributed by atoms with E-state index >= 15 is 0 Å². The van der Waals surface area contributed by atoms with E-state index in [0.29, 0.717) is 28.0 Å². The lowest BCUT2D eigenvalue weighted by Gasteiger charge is -2.00. The Balaban J connectivity index is 2.64. The van der Waals surface area contributed by atoms with E-state index in [-0.39, 0.29) is 5.56 Å². The number of hydrogen-bond donors (Lipinski definition) is 1. The van der Waals surface area contributed by atoms with Gasteiger partial charge in [-0.25, -0.2) is 9.78 Å². The second kappa shape index (κ2) is 4.67. The number of pyridine rings is 1. The number of carboxylic acids is 1. The molecule has 5 nitrogen and oxygen atoms in total. The minimum atomic E-state index is -1.05. The summed E-state index contributed by atoms with van der Waals surface area (Å²) >= 11 is 3.26. The van der Waals surface area contributed by atoms with Crippen LogP contribution in [0.1, 0.15) is 23.0 Å². The quantitative estimate of drug-likeness (QED) is 0.881. The largest absolute Gasteiger partial charge is 0.477 e. The Morgan fingerprint density at radius 3 is 2.94 bits per heavy atom. The maximum Gasteiger partial charge on any atom is 0.341 e. The molecule has 0 unspecified atom stereocenters. The highest BCUT2D eigenvalue weighted by molar-refractivity contribution is 9.10. The first-order valence-electron chi connectivity index (χ1n) is 4.97. The molecular formula is C11H9BrN2O3. The minimum absolute atomic E-state index is 0.0983. The van der Waals surface area contributed by atoms with Crippen molar-refractivity contribution in [1.82, 2.24) is 10.1 Å². The van der Waals surface area contributed by atoms with E-state index in [1.54, 1.807) is 18.3 Å². The zero-order valence-corrected chi connectivity index (χ0v) is 10.6. The summed E-state index contributed by atoms with van der Waals surface area (Å²) in [5.74, 6) is -0.683. The topological polar surface area (TPSA) is 76.2 Å². The second-order valence-corrected chi connectivity index (χ2v) is 4.08. The normalized spacial score (nSPS) is 10.5. The van der Waals surface area contributed by atoms with Crippen LogP contribution in [0.3, 0.4) is 0 Å². The Morgan fingerprint density at radius 1 is 1.59 bits per heavy atom. The Labute approximate surface area is 106 Å². The molecule has 0 aromatic carbocycles. The van der Waals surface area contributed by atoms with E-state index in [1.807, 2.05) is 6.92 Å². The van der Waals surface area contributed by atoms with Crippen LogP contribution in [0, 0.1) is 0 Å². The van der Waals surface area contributed by atoms with Crippen LogP contribution in [-0.2, 0) is 6.42 Å². The van der Waals surface area contributed by atoms with Crippen LogP contribution < -0.4 is 0 Å². The first kappa shape index (κ1) is 11.8. The zero-order valence-electron chi connectivity index (χ0n) is 8.98. The van der Waals surface area contributed by atoms with Crippen LogP contribution in [0.5, 0.6) is 0 Å². The average Bonchev–Trinajstić information content (AvgIpc) is 2.73. The van der Waals surface area contributed by atoms with Gasteiger partial charge in [0.1, 0.15) is 15.9 Å². The Morgan fingerprint density at radius 2 is 2.35 bits per heavy atom. The lowest BCUT2D eigenvalue weighted by atomic mass is 10.1. The number of aromatic nitrogens is 2. The fourth-order valence-electron chi connectivity index (χ4n) is 1.53. The van der Waals surface area contributed by atoms with Gasteiger partial charge in [0.2, 0.25) is 0 Å². The van der Waals surface area contributed by atoms with Crippen molar-refractivity contribution in [2.24, 2.45) is 0 Å². The molecule has 0 fully saturated rings. The molecule has 2 aromatic heterocycles. The van der Waals surface area contributed by atoms with Crippen molar-refractivity contribution in [1.29, 1.82) is 0 Å². The number of nitrogens with zero attached hydrogens (tertiary/aromatic N) is 2. The van der Waals surface area contributed by atoms with Gasteiger partial charge in [0, 0.05) is 18.2 Å². The minimum Gasteiger partial charge on any atom is -0.477 e. The van der Waals surface area contributed by atoms with E-state index in [9.17, 15) is 9.90 Å². The van der Waals surface area contributed by atoms with E-state index < -0.39 is 5.97 Å². The summed E-state index contributed by atoms with van der Waals surface area (Å²) in [4.78, 5) is 15.2. The molecule has 2 aromatic rings. The molecule has 0 atom stereocenters.